The first-order valence-corrected chi connectivity index (χ1v) is 8.90. The second-order valence-corrected chi connectivity index (χ2v) is 6.59. The molecule has 0 aliphatic heterocycles. The summed E-state index contributed by atoms with van der Waals surface area (Å²) in [6.45, 7) is 0. The fourth-order valence-electron chi connectivity index (χ4n) is 3.02. The van der Waals surface area contributed by atoms with E-state index in [4.69, 9.17) is 12.2 Å². The van der Waals surface area contributed by atoms with Crippen molar-refractivity contribution in [1.29, 1.82) is 0 Å². The molecule has 0 radical (unpaired) electrons. The van der Waals surface area contributed by atoms with E-state index in [9.17, 15) is 0 Å². The summed E-state index contributed by atoms with van der Waals surface area (Å²) in [5.74, 6) is 0. The molecule has 0 unspecified atom stereocenters. The van der Waals surface area contributed by atoms with Crippen molar-refractivity contribution in [2.45, 2.75) is 12.8 Å². The summed E-state index contributed by atoms with van der Waals surface area (Å²) >= 11 is 5.26. The van der Waals surface area contributed by atoms with E-state index in [1.807, 2.05) is 36.4 Å². The summed E-state index contributed by atoms with van der Waals surface area (Å²) < 4.78 is 0. The molecule has 128 valence electrons. The van der Waals surface area contributed by atoms with Crippen molar-refractivity contribution in [3.63, 3.8) is 0 Å². The molecule has 4 nitrogen and oxygen atoms in total. The maximum absolute atomic E-state index is 5.26. The van der Waals surface area contributed by atoms with E-state index in [1.54, 1.807) is 0 Å². The van der Waals surface area contributed by atoms with Gasteiger partial charge >= 0.3 is 0 Å². The molecule has 26 heavy (non-hydrogen) atoms. The molecule has 0 spiro atoms. The Morgan fingerprint density at radius 3 is 1.65 bits per heavy atom. The molecular formula is C21H18N4S. The first-order chi connectivity index (χ1) is 12.8. The molecule has 0 fully saturated rings. The van der Waals surface area contributed by atoms with E-state index >= 15 is 0 Å². The fourth-order valence-corrected chi connectivity index (χ4v) is 3.11. The number of fused-ring (bicyclic) bond motifs is 2. The maximum atomic E-state index is 5.26. The van der Waals surface area contributed by atoms with Crippen LogP contribution in [0.4, 0.5) is 0 Å². The molecule has 0 saturated heterocycles. The van der Waals surface area contributed by atoms with Crippen LogP contribution in [0.1, 0.15) is 22.3 Å². The van der Waals surface area contributed by atoms with Gasteiger partial charge in [0.1, 0.15) is 0 Å². The van der Waals surface area contributed by atoms with Crippen molar-refractivity contribution in [2.24, 2.45) is 10.2 Å². The zero-order chi connectivity index (χ0) is 17.8. The number of thiocarbonyl (C=S) groups is 1. The van der Waals surface area contributed by atoms with Crippen LogP contribution >= 0.6 is 12.2 Å². The molecule has 2 aromatic carbocycles. The number of hydrazone groups is 2. The molecule has 0 atom stereocenters. The highest BCUT2D eigenvalue weighted by Gasteiger charge is 2.09. The molecule has 2 aliphatic rings. The Kier molecular flexibility index (Phi) is 4.71. The van der Waals surface area contributed by atoms with Crippen LogP contribution in [-0.4, -0.2) is 16.5 Å². The van der Waals surface area contributed by atoms with Crippen molar-refractivity contribution >= 4 is 40.9 Å². The molecule has 2 aliphatic carbocycles. The molecule has 0 saturated carbocycles. The zero-order valence-electron chi connectivity index (χ0n) is 14.1. The second kappa shape index (κ2) is 7.45. The summed E-state index contributed by atoms with van der Waals surface area (Å²) in [6, 6.07) is 16.6. The number of nitrogens with zero attached hydrogens (tertiary/aromatic N) is 2. The number of benzene rings is 2. The van der Waals surface area contributed by atoms with Crippen molar-refractivity contribution in [3.8, 4) is 0 Å². The monoisotopic (exact) mass is 358 g/mol. The van der Waals surface area contributed by atoms with Gasteiger partial charge in [0.2, 0.25) is 5.11 Å². The average molecular weight is 358 g/mol. The maximum Gasteiger partial charge on any atom is 0.207 e. The van der Waals surface area contributed by atoms with Gasteiger partial charge in [-0.2, -0.15) is 10.2 Å². The van der Waals surface area contributed by atoms with E-state index in [-0.39, 0.29) is 0 Å². The van der Waals surface area contributed by atoms with Gasteiger partial charge in [-0.3, -0.25) is 10.9 Å². The summed E-state index contributed by atoms with van der Waals surface area (Å²) in [6.07, 6.45) is 9.72. The lowest BCUT2D eigenvalue weighted by molar-refractivity contribution is 0.919. The van der Waals surface area contributed by atoms with Crippen molar-refractivity contribution in [1.82, 2.24) is 10.9 Å². The molecule has 0 heterocycles. The quantitative estimate of drug-likeness (QED) is 0.636. The minimum absolute atomic E-state index is 0.379. The largest absolute Gasteiger partial charge is 0.252 e. The highest BCUT2D eigenvalue weighted by molar-refractivity contribution is 7.80. The standard InChI is InChI=1S/C21H18N4S/c26-21(24-22-19-11-9-15-5-1-3-7-17(15)13-19)25-23-20-12-10-16-6-2-4-8-18(16)14-20/h1-12H,13-14H2,(H2,24,25,26)/b22-19+,23-20+. The van der Waals surface area contributed by atoms with Gasteiger partial charge in [-0.15, -0.1) is 0 Å². The lowest BCUT2D eigenvalue weighted by atomic mass is 9.96. The Morgan fingerprint density at radius 2 is 1.15 bits per heavy atom. The van der Waals surface area contributed by atoms with Crippen molar-refractivity contribution in [2.75, 3.05) is 0 Å². The fraction of sp³-hybridized carbons (Fsp3) is 0.0952. The molecule has 0 aromatic heterocycles. The molecule has 5 heteroatoms. The Labute approximate surface area is 158 Å². The molecular weight excluding hydrogens is 340 g/mol. The van der Waals surface area contributed by atoms with Crippen LogP contribution < -0.4 is 10.9 Å². The van der Waals surface area contributed by atoms with Gasteiger partial charge < -0.3 is 0 Å². The van der Waals surface area contributed by atoms with E-state index in [2.05, 4.69) is 57.5 Å². The molecule has 0 amide bonds. The average Bonchev–Trinajstić information content (AvgIpc) is 2.70. The summed E-state index contributed by atoms with van der Waals surface area (Å²) in [5.41, 5.74) is 12.6. The lowest BCUT2D eigenvalue weighted by Gasteiger charge is -2.13. The van der Waals surface area contributed by atoms with E-state index in [1.165, 1.54) is 22.3 Å². The highest BCUT2D eigenvalue weighted by atomic mass is 32.1. The van der Waals surface area contributed by atoms with Crippen LogP contribution in [-0.2, 0) is 12.8 Å². The lowest BCUT2D eigenvalue weighted by Crippen LogP contribution is -2.30. The normalized spacial score (nSPS) is 17.7. The summed E-state index contributed by atoms with van der Waals surface area (Å²) in [7, 11) is 0. The smallest absolute Gasteiger partial charge is 0.207 e. The zero-order valence-corrected chi connectivity index (χ0v) is 15.0. The summed E-state index contributed by atoms with van der Waals surface area (Å²) in [5, 5.41) is 9.12. The van der Waals surface area contributed by atoms with Crippen LogP contribution in [0.25, 0.3) is 12.2 Å². The molecule has 4 rings (SSSR count). The number of hydrogen-bond donors (Lipinski definition) is 2. The summed E-state index contributed by atoms with van der Waals surface area (Å²) in [4.78, 5) is 0. The van der Waals surface area contributed by atoms with Gasteiger partial charge in [-0.1, -0.05) is 60.7 Å². The van der Waals surface area contributed by atoms with Crippen molar-refractivity contribution in [3.05, 3.63) is 82.9 Å². The third-order valence-electron chi connectivity index (χ3n) is 4.37. The molecule has 2 aromatic rings. The number of hydrogen-bond acceptors (Lipinski definition) is 3. The Morgan fingerprint density at radius 1 is 0.692 bits per heavy atom. The third-order valence-corrected chi connectivity index (χ3v) is 4.55. The van der Waals surface area contributed by atoms with Crippen LogP contribution in [0.15, 0.2) is 70.9 Å². The number of nitrogens with one attached hydrogen (secondary N) is 2. The van der Waals surface area contributed by atoms with Crippen LogP contribution in [0.3, 0.4) is 0 Å². The SMILES string of the molecule is S=C(N/N=C1\C=Cc2ccccc2C1)N/N=C1\C=Cc2ccccc2C1. The minimum Gasteiger partial charge on any atom is -0.252 e. The predicted molar refractivity (Wildman–Crippen MR) is 112 cm³/mol. The predicted octanol–water partition coefficient (Wildman–Crippen LogP) is 3.70. The van der Waals surface area contributed by atoms with Gasteiger partial charge in [0.05, 0.1) is 11.4 Å². The Balaban J connectivity index is 1.34. The van der Waals surface area contributed by atoms with Crippen molar-refractivity contribution < 1.29 is 0 Å². The second-order valence-electron chi connectivity index (χ2n) is 6.18. The minimum atomic E-state index is 0.379. The van der Waals surface area contributed by atoms with Gasteiger partial charge in [-0.05, 0) is 46.6 Å². The first kappa shape index (κ1) is 16.4. The van der Waals surface area contributed by atoms with Gasteiger partial charge in [-0.25, -0.2) is 0 Å². The number of rotatable bonds is 2. The Hall–Kier alpha value is -3.05. The molecule has 0 bridgehead atoms. The topological polar surface area (TPSA) is 48.8 Å². The third kappa shape index (κ3) is 3.78. The van der Waals surface area contributed by atoms with Crippen LogP contribution in [0.5, 0.6) is 0 Å². The van der Waals surface area contributed by atoms with Crippen LogP contribution in [0, 0.1) is 0 Å². The van der Waals surface area contributed by atoms with Gasteiger partial charge in [0.15, 0.2) is 0 Å². The van der Waals surface area contributed by atoms with E-state index < -0.39 is 0 Å². The van der Waals surface area contributed by atoms with Gasteiger partial charge in [0.25, 0.3) is 0 Å². The Bertz CT molecular complexity index is 892. The van der Waals surface area contributed by atoms with Crippen LogP contribution in [0.2, 0.25) is 0 Å². The molecule has 2 N–H and O–H groups in total. The van der Waals surface area contributed by atoms with Gasteiger partial charge in [0, 0.05) is 12.8 Å². The highest BCUT2D eigenvalue weighted by Crippen LogP contribution is 2.18. The van der Waals surface area contributed by atoms with E-state index in [0.717, 1.165) is 24.3 Å². The number of allylic oxidation sites excluding steroid dienone is 2. The van der Waals surface area contributed by atoms with E-state index in [0.29, 0.717) is 5.11 Å². The first-order valence-electron chi connectivity index (χ1n) is 8.49.